The second kappa shape index (κ2) is 5.12. The molecule has 1 N–H and O–H groups in total. The molecule has 1 saturated heterocycles. The van der Waals surface area contributed by atoms with Crippen molar-refractivity contribution in [2.75, 3.05) is 32.1 Å². The van der Waals surface area contributed by atoms with Gasteiger partial charge in [0, 0.05) is 19.1 Å². The molecule has 1 atom stereocenters. The van der Waals surface area contributed by atoms with Crippen LogP contribution in [0.3, 0.4) is 0 Å². The monoisotopic (exact) mass is 222 g/mol. The fourth-order valence-corrected chi connectivity index (χ4v) is 1.97. The molecule has 5 heteroatoms. The summed E-state index contributed by atoms with van der Waals surface area (Å²) in [5.41, 5.74) is 0. The zero-order valence-electron chi connectivity index (χ0n) is 9.81. The van der Waals surface area contributed by atoms with Crippen molar-refractivity contribution in [3.05, 3.63) is 12.4 Å². The van der Waals surface area contributed by atoms with E-state index >= 15 is 0 Å². The molecule has 0 bridgehead atoms. The molecule has 0 amide bonds. The molecule has 1 unspecified atom stereocenters. The van der Waals surface area contributed by atoms with Gasteiger partial charge in [-0.15, -0.1) is 0 Å². The number of aromatic nitrogens is 2. The number of anilines is 1. The van der Waals surface area contributed by atoms with Gasteiger partial charge in [-0.05, 0) is 19.9 Å². The number of methoxy groups -OCH3 is 1. The maximum Gasteiger partial charge on any atom is 0.225 e. The van der Waals surface area contributed by atoms with Gasteiger partial charge in [0.15, 0.2) is 5.75 Å². The van der Waals surface area contributed by atoms with Crippen LogP contribution in [-0.4, -0.2) is 43.3 Å². The van der Waals surface area contributed by atoms with Crippen LogP contribution in [0.4, 0.5) is 5.95 Å². The Morgan fingerprint density at radius 2 is 2.19 bits per heavy atom. The Kier molecular flexibility index (Phi) is 3.56. The van der Waals surface area contributed by atoms with Crippen LogP contribution in [0.2, 0.25) is 0 Å². The van der Waals surface area contributed by atoms with E-state index in [2.05, 4.69) is 20.2 Å². The van der Waals surface area contributed by atoms with Crippen molar-refractivity contribution in [3.8, 4) is 5.75 Å². The van der Waals surface area contributed by atoms with Crippen molar-refractivity contribution < 1.29 is 4.74 Å². The standard InChI is InChI=1S/C11H18N4O/c1-12-9-4-3-5-15(8-9)11-13-6-10(16-2)7-14-11/h6-7,9,12H,3-5,8H2,1-2H3. The van der Waals surface area contributed by atoms with Gasteiger partial charge in [0.05, 0.1) is 19.5 Å². The lowest BCUT2D eigenvalue weighted by Crippen LogP contribution is -2.45. The quantitative estimate of drug-likeness (QED) is 0.814. The third kappa shape index (κ3) is 2.41. The first-order valence-corrected chi connectivity index (χ1v) is 5.61. The van der Waals surface area contributed by atoms with E-state index in [0.29, 0.717) is 11.8 Å². The fraction of sp³-hybridized carbons (Fsp3) is 0.636. The second-order valence-electron chi connectivity index (χ2n) is 4.00. The average Bonchev–Trinajstić information content (AvgIpc) is 2.39. The molecule has 0 aromatic carbocycles. The van der Waals surface area contributed by atoms with Crippen LogP contribution >= 0.6 is 0 Å². The summed E-state index contributed by atoms with van der Waals surface area (Å²) in [5, 5.41) is 3.30. The van der Waals surface area contributed by atoms with Crippen LogP contribution in [0, 0.1) is 0 Å². The molecule has 0 saturated carbocycles. The maximum atomic E-state index is 5.04. The van der Waals surface area contributed by atoms with Crippen molar-refractivity contribution >= 4 is 5.95 Å². The highest BCUT2D eigenvalue weighted by atomic mass is 16.5. The summed E-state index contributed by atoms with van der Waals surface area (Å²) in [6, 6.07) is 0.541. The molecule has 0 spiro atoms. The van der Waals surface area contributed by atoms with Crippen LogP contribution in [0.25, 0.3) is 0 Å². The molecule has 0 aliphatic carbocycles. The lowest BCUT2D eigenvalue weighted by Gasteiger charge is -2.32. The number of piperidine rings is 1. The molecule has 2 rings (SSSR count). The van der Waals surface area contributed by atoms with Gasteiger partial charge in [-0.2, -0.15) is 0 Å². The molecule has 1 aliphatic heterocycles. The minimum Gasteiger partial charge on any atom is -0.494 e. The van der Waals surface area contributed by atoms with Gasteiger partial charge in [0.1, 0.15) is 0 Å². The Morgan fingerprint density at radius 3 is 2.81 bits per heavy atom. The van der Waals surface area contributed by atoms with Gasteiger partial charge >= 0.3 is 0 Å². The second-order valence-corrected chi connectivity index (χ2v) is 4.00. The molecular formula is C11H18N4O. The third-order valence-corrected chi connectivity index (χ3v) is 2.96. The van der Waals surface area contributed by atoms with Crippen LogP contribution < -0.4 is 15.0 Å². The molecule has 2 heterocycles. The van der Waals surface area contributed by atoms with E-state index in [1.165, 1.54) is 12.8 Å². The maximum absolute atomic E-state index is 5.04. The molecule has 1 fully saturated rings. The summed E-state index contributed by atoms with van der Waals surface area (Å²) in [5.74, 6) is 1.49. The largest absolute Gasteiger partial charge is 0.494 e. The SMILES string of the molecule is CNC1CCCN(c2ncc(OC)cn2)C1. The Balaban J connectivity index is 2.05. The van der Waals surface area contributed by atoms with Crippen molar-refractivity contribution in [2.24, 2.45) is 0 Å². The van der Waals surface area contributed by atoms with E-state index in [1.54, 1.807) is 19.5 Å². The smallest absolute Gasteiger partial charge is 0.225 e. The van der Waals surface area contributed by atoms with Crippen LogP contribution in [0.5, 0.6) is 5.75 Å². The van der Waals surface area contributed by atoms with Crippen LogP contribution in [0.1, 0.15) is 12.8 Å². The molecule has 16 heavy (non-hydrogen) atoms. The summed E-state index contributed by atoms with van der Waals surface area (Å²) in [7, 11) is 3.62. The number of nitrogens with one attached hydrogen (secondary N) is 1. The third-order valence-electron chi connectivity index (χ3n) is 2.96. The van der Waals surface area contributed by atoms with Gasteiger partial charge in [-0.3, -0.25) is 0 Å². The number of likely N-dealkylation sites (N-methyl/N-ethyl adjacent to an activating group) is 1. The number of ether oxygens (including phenoxy) is 1. The van der Waals surface area contributed by atoms with E-state index < -0.39 is 0 Å². The summed E-state index contributed by atoms with van der Waals surface area (Å²) in [4.78, 5) is 10.8. The van der Waals surface area contributed by atoms with E-state index in [4.69, 9.17) is 4.74 Å². The predicted octanol–water partition coefficient (Wildman–Crippen LogP) is 0.673. The van der Waals surface area contributed by atoms with Crippen molar-refractivity contribution in [1.29, 1.82) is 0 Å². The van der Waals surface area contributed by atoms with Crippen molar-refractivity contribution in [1.82, 2.24) is 15.3 Å². The minimum atomic E-state index is 0.541. The molecule has 88 valence electrons. The Bertz CT molecular complexity index is 327. The Morgan fingerprint density at radius 1 is 1.44 bits per heavy atom. The predicted molar refractivity (Wildman–Crippen MR) is 62.9 cm³/mol. The first-order chi connectivity index (χ1) is 7.83. The fourth-order valence-electron chi connectivity index (χ4n) is 1.97. The van der Waals surface area contributed by atoms with Crippen LogP contribution in [-0.2, 0) is 0 Å². The van der Waals surface area contributed by atoms with Crippen LogP contribution in [0.15, 0.2) is 12.4 Å². The molecule has 1 aromatic rings. The van der Waals surface area contributed by atoms with Crippen molar-refractivity contribution in [2.45, 2.75) is 18.9 Å². The first-order valence-electron chi connectivity index (χ1n) is 5.61. The van der Waals surface area contributed by atoms with Gasteiger partial charge in [-0.25, -0.2) is 9.97 Å². The number of rotatable bonds is 3. The lowest BCUT2D eigenvalue weighted by molar-refractivity contribution is 0.409. The molecule has 0 radical (unpaired) electrons. The van der Waals surface area contributed by atoms with Gasteiger partial charge in [-0.1, -0.05) is 0 Å². The van der Waals surface area contributed by atoms with Gasteiger partial charge in [0.2, 0.25) is 5.95 Å². The summed E-state index contributed by atoms with van der Waals surface area (Å²) in [6.45, 7) is 2.01. The zero-order valence-corrected chi connectivity index (χ0v) is 9.81. The Hall–Kier alpha value is -1.36. The summed E-state index contributed by atoms with van der Waals surface area (Å²) >= 11 is 0. The molecule has 5 nitrogen and oxygen atoms in total. The summed E-state index contributed by atoms with van der Waals surface area (Å²) in [6.07, 6.45) is 5.83. The highest BCUT2D eigenvalue weighted by Gasteiger charge is 2.20. The highest BCUT2D eigenvalue weighted by Crippen LogP contribution is 2.17. The van der Waals surface area contributed by atoms with Crippen molar-refractivity contribution in [3.63, 3.8) is 0 Å². The zero-order chi connectivity index (χ0) is 11.4. The van der Waals surface area contributed by atoms with Gasteiger partial charge in [0.25, 0.3) is 0 Å². The Labute approximate surface area is 95.8 Å². The first kappa shape index (κ1) is 11.1. The number of nitrogens with zero attached hydrogens (tertiary/aromatic N) is 3. The van der Waals surface area contributed by atoms with E-state index in [0.717, 1.165) is 19.0 Å². The number of hydrogen-bond donors (Lipinski definition) is 1. The minimum absolute atomic E-state index is 0.541. The van der Waals surface area contributed by atoms with E-state index in [9.17, 15) is 0 Å². The van der Waals surface area contributed by atoms with Gasteiger partial charge < -0.3 is 15.0 Å². The van der Waals surface area contributed by atoms with E-state index in [1.807, 2.05) is 7.05 Å². The van der Waals surface area contributed by atoms with E-state index in [-0.39, 0.29) is 0 Å². The topological polar surface area (TPSA) is 50.3 Å². The molecule has 1 aromatic heterocycles. The molecular weight excluding hydrogens is 204 g/mol. The normalized spacial score (nSPS) is 20.9. The highest BCUT2D eigenvalue weighted by molar-refractivity contribution is 5.32. The molecule has 1 aliphatic rings. The summed E-state index contributed by atoms with van der Waals surface area (Å²) < 4.78 is 5.04. The lowest BCUT2D eigenvalue weighted by atomic mass is 10.1. The number of hydrogen-bond acceptors (Lipinski definition) is 5. The average molecular weight is 222 g/mol.